The molecule has 18 heavy (non-hydrogen) atoms. The Bertz CT molecular complexity index is 531. The summed E-state index contributed by atoms with van der Waals surface area (Å²) >= 11 is 1.53. The van der Waals surface area contributed by atoms with E-state index >= 15 is 0 Å². The van der Waals surface area contributed by atoms with E-state index in [1.807, 2.05) is 29.9 Å². The summed E-state index contributed by atoms with van der Waals surface area (Å²) in [6.07, 6.45) is 4.15. The van der Waals surface area contributed by atoms with Gasteiger partial charge in [0.05, 0.1) is 11.7 Å². The van der Waals surface area contributed by atoms with Crippen LogP contribution >= 0.6 is 11.8 Å². The van der Waals surface area contributed by atoms with E-state index in [1.165, 1.54) is 24.6 Å². The number of nitrogens with zero attached hydrogens (tertiary/aromatic N) is 5. The van der Waals surface area contributed by atoms with Gasteiger partial charge in [0, 0.05) is 17.1 Å². The normalized spacial score (nSPS) is 16.8. The number of aromatic nitrogens is 5. The van der Waals surface area contributed by atoms with Gasteiger partial charge in [-0.3, -0.25) is 4.98 Å². The predicted octanol–water partition coefficient (Wildman–Crippen LogP) is 1.57. The molecule has 2 heterocycles. The van der Waals surface area contributed by atoms with Crippen molar-refractivity contribution >= 4 is 11.8 Å². The van der Waals surface area contributed by atoms with Gasteiger partial charge in [0.25, 0.3) is 0 Å². The zero-order valence-electron chi connectivity index (χ0n) is 10.0. The van der Waals surface area contributed by atoms with Gasteiger partial charge >= 0.3 is 0 Å². The molecule has 0 saturated heterocycles. The molecule has 1 saturated carbocycles. The Morgan fingerprint density at radius 1 is 1.44 bits per heavy atom. The number of nitrogens with two attached hydrogens (primary N) is 1. The summed E-state index contributed by atoms with van der Waals surface area (Å²) in [6, 6.07) is 4.39. The van der Waals surface area contributed by atoms with E-state index in [1.54, 1.807) is 0 Å². The fourth-order valence-corrected chi connectivity index (χ4v) is 2.44. The molecule has 1 aliphatic carbocycles. The lowest BCUT2D eigenvalue weighted by atomic mass is 10.2. The quantitative estimate of drug-likeness (QED) is 0.900. The van der Waals surface area contributed by atoms with Gasteiger partial charge in [-0.1, -0.05) is 0 Å². The monoisotopic (exact) mass is 262 g/mol. The van der Waals surface area contributed by atoms with Crippen LogP contribution in [0.1, 0.15) is 37.5 Å². The van der Waals surface area contributed by atoms with E-state index < -0.39 is 0 Å². The summed E-state index contributed by atoms with van der Waals surface area (Å²) in [5, 5.41) is 12.6. The second-order valence-electron chi connectivity index (χ2n) is 4.45. The van der Waals surface area contributed by atoms with Crippen molar-refractivity contribution < 1.29 is 0 Å². The molecule has 0 aliphatic heterocycles. The van der Waals surface area contributed by atoms with Crippen molar-refractivity contribution in [2.24, 2.45) is 5.73 Å². The summed E-state index contributed by atoms with van der Waals surface area (Å²) in [6.45, 7) is 1.92. The molecule has 0 bridgehead atoms. The lowest BCUT2D eigenvalue weighted by molar-refractivity contribution is 0.565. The summed E-state index contributed by atoms with van der Waals surface area (Å²) in [4.78, 5) is 5.35. The molecule has 1 aliphatic rings. The van der Waals surface area contributed by atoms with Crippen LogP contribution in [0, 0.1) is 0 Å². The third-order valence-corrected chi connectivity index (χ3v) is 3.72. The van der Waals surface area contributed by atoms with Crippen LogP contribution in [0.25, 0.3) is 0 Å². The largest absolute Gasteiger partial charge is 0.323 e. The summed E-state index contributed by atoms with van der Waals surface area (Å²) in [5.74, 6) is 0. The molecule has 0 unspecified atom stereocenters. The first-order valence-electron chi connectivity index (χ1n) is 5.91. The summed E-state index contributed by atoms with van der Waals surface area (Å²) in [7, 11) is 0. The molecule has 2 N–H and O–H groups in total. The van der Waals surface area contributed by atoms with Crippen LogP contribution in [0.15, 0.2) is 28.4 Å². The van der Waals surface area contributed by atoms with Gasteiger partial charge in [0.15, 0.2) is 0 Å². The molecule has 7 heteroatoms. The van der Waals surface area contributed by atoms with Crippen molar-refractivity contribution in [1.29, 1.82) is 0 Å². The van der Waals surface area contributed by atoms with Crippen LogP contribution in [-0.4, -0.2) is 25.2 Å². The Kier molecular flexibility index (Phi) is 3.00. The van der Waals surface area contributed by atoms with Crippen molar-refractivity contribution in [2.45, 2.75) is 41.9 Å². The van der Waals surface area contributed by atoms with E-state index in [0.717, 1.165) is 15.7 Å². The molecule has 3 rings (SSSR count). The lowest BCUT2D eigenvalue weighted by Gasteiger charge is -2.05. The first-order valence-corrected chi connectivity index (χ1v) is 6.73. The van der Waals surface area contributed by atoms with Crippen molar-refractivity contribution in [3.05, 3.63) is 24.0 Å². The minimum Gasteiger partial charge on any atom is -0.323 e. The predicted molar refractivity (Wildman–Crippen MR) is 67.1 cm³/mol. The molecule has 0 spiro atoms. The number of hydrogen-bond acceptors (Lipinski definition) is 6. The zero-order valence-corrected chi connectivity index (χ0v) is 10.8. The van der Waals surface area contributed by atoms with Crippen LogP contribution in [0.5, 0.6) is 0 Å². The highest BCUT2D eigenvalue weighted by molar-refractivity contribution is 7.99. The van der Waals surface area contributed by atoms with E-state index in [9.17, 15) is 0 Å². The lowest BCUT2D eigenvalue weighted by Crippen LogP contribution is -2.06. The van der Waals surface area contributed by atoms with E-state index in [0.29, 0.717) is 6.04 Å². The van der Waals surface area contributed by atoms with Gasteiger partial charge < -0.3 is 5.73 Å². The molecule has 0 amide bonds. The Balaban J connectivity index is 1.77. The molecule has 94 valence electrons. The van der Waals surface area contributed by atoms with Gasteiger partial charge in [-0.15, -0.1) is 5.10 Å². The van der Waals surface area contributed by atoms with Gasteiger partial charge in [0.1, 0.15) is 0 Å². The average molecular weight is 262 g/mol. The smallest absolute Gasteiger partial charge is 0.214 e. The fraction of sp³-hybridized carbons (Fsp3) is 0.455. The molecule has 2 aromatic heterocycles. The standard InChI is InChI=1S/C11H14N6S/c1-7(12)10-5-4-9(6-13-10)18-11-14-15-16-17(11)8-2-3-8/h4-8H,2-3,12H2,1H3/t7-/m1/s1. The van der Waals surface area contributed by atoms with Crippen molar-refractivity contribution in [1.82, 2.24) is 25.2 Å². The molecule has 0 radical (unpaired) electrons. The molecule has 1 atom stereocenters. The molecule has 1 fully saturated rings. The summed E-state index contributed by atoms with van der Waals surface area (Å²) < 4.78 is 1.89. The highest BCUT2D eigenvalue weighted by Gasteiger charge is 2.28. The third-order valence-electron chi connectivity index (χ3n) is 2.79. The topological polar surface area (TPSA) is 82.5 Å². The summed E-state index contributed by atoms with van der Waals surface area (Å²) in [5.41, 5.74) is 6.66. The molecule has 0 aromatic carbocycles. The first kappa shape index (κ1) is 11.6. The Morgan fingerprint density at radius 3 is 2.89 bits per heavy atom. The maximum absolute atomic E-state index is 5.77. The van der Waals surface area contributed by atoms with Crippen molar-refractivity contribution in [3.8, 4) is 0 Å². The van der Waals surface area contributed by atoms with E-state index in [4.69, 9.17) is 5.73 Å². The van der Waals surface area contributed by atoms with Crippen LogP contribution in [0.4, 0.5) is 0 Å². The second-order valence-corrected chi connectivity index (χ2v) is 5.49. The second kappa shape index (κ2) is 4.66. The van der Waals surface area contributed by atoms with Crippen molar-refractivity contribution in [2.75, 3.05) is 0 Å². The molecular weight excluding hydrogens is 248 g/mol. The van der Waals surface area contributed by atoms with Crippen molar-refractivity contribution in [3.63, 3.8) is 0 Å². The van der Waals surface area contributed by atoms with Crippen LogP contribution in [0.2, 0.25) is 0 Å². The van der Waals surface area contributed by atoms with Crippen LogP contribution in [0.3, 0.4) is 0 Å². The number of hydrogen-bond donors (Lipinski definition) is 1. The van der Waals surface area contributed by atoms with Crippen LogP contribution < -0.4 is 5.73 Å². The third kappa shape index (κ3) is 2.37. The van der Waals surface area contributed by atoms with E-state index in [-0.39, 0.29) is 6.04 Å². The number of pyridine rings is 1. The van der Waals surface area contributed by atoms with Gasteiger partial charge in [-0.25, -0.2) is 4.68 Å². The minimum absolute atomic E-state index is 0.0409. The maximum atomic E-state index is 5.77. The number of rotatable bonds is 4. The zero-order chi connectivity index (χ0) is 12.5. The van der Waals surface area contributed by atoms with Crippen LogP contribution in [-0.2, 0) is 0 Å². The SMILES string of the molecule is C[C@@H](N)c1ccc(Sc2nnnn2C2CC2)cn1. The van der Waals surface area contributed by atoms with Gasteiger partial charge in [0.2, 0.25) is 5.16 Å². The highest BCUT2D eigenvalue weighted by atomic mass is 32.2. The number of tetrazole rings is 1. The first-order chi connectivity index (χ1) is 8.74. The highest BCUT2D eigenvalue weighted by Crippen LogP contribution is 2.37. The molecule has 6 nitrogen and oxygen atoms in total. The maximum Gasteiger partial charge on any atom is 0.214 e. The Labute approximate surface area is 109 Å². The van der Waals surface area contributed by atoms with Gasteiger partial charge in [-0.05, 0) is 54.1 Å². The Morgan fingerprint density at radius 2 is 2.28 bits per heavy atom. The molecule has 2 aromatic rings. The Hall–Kier alpha value is -1.47. The van der Waals surface area contributed by atoms with Gasteiger partial charge in [-0.2, -0.15) is 0 Å². The fourth-order valence-electron chi connectivity index (χ4n) is 1.63. The minimum atomic E-state index is -0.0409. The van der Waals surface area contributed by atoms with E-state index in [2.05, 4.69) is 20.5 Å². The molecular formula is C11H14N6S. The average Bonchev–Trinajstić information content (AvgIpc) is 3.11.